The van der Waals surface area contributed by atoms with Crippen LogP contribution in [0.2, 0.25) is 0 Å². The topological polar surface area (TPSA) is 33.3 Å². The van der Waals surface area contributed by atoms with Crippen LogP contribution in [-0.4, -0.2) is 25.7 Å². The third-order valence-electron chi connectivity index (χ3n) is 3.89. The lowest BCUT2D eigenvalue weighted by Gasteiger charge is -2.25. The van der Waals surface area contributed by atoms with Crippen LogP contribution in [0.15, 0.2) is 18.2 Å². The summed E-state index contributed by atoms with van der Waals surface area (Å²) in [7, 11) is 0. The quantitative estimate of drug-likeness (QED) is 0.860. The van der Waals surface area contributed by atoms with Gasteiger partial charge in [-0.1, -0.05) is 18.6 Å². The zero-order valence-corrected chi connectivity index (χ0v) is 10.9. The number of aryl methyl sites for hydroxylation is 1. The fraction of sp³-hybridized carbons (Fsp3) is 0.600. The molecule has 3 heteroatoms. The van der Waals surface area contributed by atoms with E-state index in [2.05, 4.69) is 28.8 Å². The van der Waals surface area contributed by atoms with Crippen molar-refractivity contribution in [3.8, 4) is 5.75 Å². The molecule has 0 aliphatic carbocycles. The summed E-state index contributed by atoms with van der Waals surface area (Å²) in [6.45, 7) is 2.99. The predicted molar refractivity (Wildman–Crippen MR) is 74.4 cm³/mol. The number of ether oxygens (including phenoxy) is 1. The Morgan fingerprint density at radius 2 is 2.17 bits per heavy atom. The van der Waals surface area contributed by atoms with E-state index in [0.717, 1.165) is 25.4 Å². The van der Waals surface area contributed by atoms with E-state index in [4.69, 9.17) is 4.74 Å². The molecule has 2 N–H and O–H groups in total. The highest BCUT2D eigenvalue weighted by Gasteiger charge is 2.16. The standard InChI is InChI=1S/C15H22N2O/c1-2-9-16-13(7-1)11-18-14-8-3-5-12-6-4-10-17-15(12)14/h3,5,8,13,16-17H,1-2,4,6-7,9-11H2. The Labute approximate surface area is 109 Å². The fourth-order valence-electron chi connectivity index (χ4n) is 2.85. The molecule has 0 amide bonds. The lowest BCUT2D eigenvalue weighted by Crippen LogP contribution is -2.38. The van der Waals surface area contributed by atoms with Gasteiger partial charge in [0.2, 0.25) is 0 Å². The molecule has 1 fully saturated rings. The van der Waals surface area contributed by atoms with Crippen molar-refractivity contribution in [3.05, 3.63) is 23.8 Å². The molecule has 3 rings (SSSR count). The summed E-state index contributed by atoms with van der Waals surface area (Å²) < 4.78 is 6.02. The maximum absolute atomic E-state index is 6.02. The molecule has 1 unspecified atom stereocenters. The molecule has 0 bridgehead atoms. The third kappa shape index (κ3) is 2.61. The van der Waals surface area contributed by atoms with Gasteiger partial charge in [0, 0.05) is 12.6 Å². The van der Waals surface area contributed by atoms with Crippen LogP contribution in [0.3, 0.4) is 0 Å². The van der Waals surface area contributed by atoms with Gasteiger partial charge in [-0.3, -0.25) is 0 Å². The second-order valence-electron chi connectivity index (χ2n) is 5.28. The molecule has 0 aromatic heterocycles. The molecule has 2 aliphatic rings. The number of nitrogens with one attached hydrogen (secondary N) is 2. The Morgan fingerprint density at radius 3 is 3.06 bits per heavy atom. The van der Waals surface area contributed by atoms with Crippen molar-refractivity contribution in [1.29, 1.82) is 0 Å². The molecule has 1 aromatic carbocycles. The van der Waals surface area contributed by atoms with Crippen molar-refractivity contribution >= 4 is 5.69 Å². The summed E-state index contributed by atoms with van der Waals surface area (Å²) in [4.78, 5) is 0. The highest BCUT2D eigenvalue weighted by atomic mass is 16.5. The summed E-state index contributed by atoms with van der Waals surface area (Å²) in [5.41, 5.74) is 2.62. The summed E-state index contributed by atoms with van der Waals surface area (Å²) in [5, 5.41) is 7.00. The maximum Gasteiger partial charge on any atom is 0.142 e. The summed E-state index contributed by atoms with van der Waals surface area (Å²) in [6.07, 6.45) is 6.26. The van der Waals surface area contributed by atoms with Crippen LogP contribution in [0, 0.1) is 0 Å². The minimum absolute atomic E-state index is 0.526. The first-order valence-corrected chi connectivity index (χ1v) is 7.15. The van der Waals surface area contributed by atoms with Crippen LogP contribution in [0.1, 0.15) is 31.2 Å². The molecule has 2 aliphatic heterocycles. The first-order valence-electron chi connectivity index (χ1n) is 7.15. The largest absolute Gasteiger partial charge is 0.490 e. The van der Waals surface area contributed by atoms with Crippen LogP contribution >= 0.6 is 0 Å². The van der Waals surface area contributed by atoms with E-state index in [0.29, 0.717) is 6.04 Å². The number of benzene rings is 1. The first-order chi connectivity index (χ1) is 8.93. The zero-order chi connectivity index (χ0) is 12.2. The number of hydrogen-bond donors (Lipinski definition) is 2. The van der Waals surface area contributed by atoms with Crippen LogP contribution in [-0.2, 0) is 6.42 Å². The van der Waals surface area contributed by atoms with Crippen molar-refractivity contribution in [3.63, 3.8) is 0 Å². The van der Waals surface area contributed by atoms with E-state index in [-0.39, 0.29) is 0 Å². The van der Waals surface area contributed by atoms with Crippen LogP contribution in [0.5, 0.6) is 5.75 Å². The lowest BCUT2D eigenvalue weighted by molar-refractivity contribution is 0.239. The average Bonchev–Trinajstić information content (AvgIpc) is 2.46. The third-order valence-corrected chi connectivity index (χ3v) is 3.89. The van der Waals surface area contributed by atoms with Gasteiger partial charge in [-0.25, -0.2) is 0 Å². The van der Waals surface area contributed by atoms with Gasteiger partial charge in [0.15, 0.2) is 0 Å². The van der Waals surface area contributed by atoms with Gasteiger partial charge in [-0.2, -0.15) is 0 Å². The normalized spacial score (nSPS) is 23.0. The molecule has 3 nitrogen and oxygen atoms in total. The Balaban J connectivity index is 1.65. The smallest absolute Gasteiger partial charge is 0.142 e. The van der Waals surface area contributed by atoms with Crippen molar-refractivity contribution in [2.75, 3.05) is 25.0 Å². The minimum atomic E-state index is 0.526. The van der Waals surface area contributed by atoms with E-state index < -0.39 is 0 Å². The van der Waals surface area contributed by atoms with E-state index in [1.165, 1.54) is 43.4 Å². The van der Waals surface area contributed by atoms with Crippen LogP contribution < -0.4 is 15.4 Å². The van der Waals surface area contributed by atoms with Gasteiger partial charge in [-0.05, 0) is 43.9 Å². The van der Waals surface area contributed by atoms with Gasteiger partial charge in [0.1, 0.15) is 12.4 Å². The first kappa shape index (κ1) is 11.8. The number of piperidine rings is 1. The monoisotopic (exact) mass is 246 g/mol. The highest BCUT2D eigenvalue weighted by Crippen LogP contribution is 2.32. The SMILES string of the molecule is c1cc2c(c(OCC3CCCCN3)c1)NCCC2. The number of fused-ring (bicyclic) bond motifs is 1. The van der Waals surface area contributed by atoms with E-state index in [1.807, 2.05) is 0 Å². The van der Waals surface area contributed by atoms with Crippen molar-refractivity contribution in [2.45, 2.75) is 38.1 Å². The summed E-state index contributed by atoms with van der Waals surface area (Å²) in [6, 6.07) is 6.92. The van der Waals surface area contributed by atoms with Gasteiger partial charge in [0.05, 0.1) is 5.69 Å². The Kier molecular flexibility index (Phi) is 3.69. The Morgan fingerprint density at radius 1 is 1.17 bits per heavy atom. The van der Waals surface area contributed by atoms with Crippen LogP contribution in [0.25, 0.3) is 0 Å². The lowest BCUT2D eigenvalue weighted by atomic mass is 10.0. The fourth-order valence-corrected chi connectivity index (χ4v) is 2.85. The van der Waals surface area contributed by atoms with Crippen LogP contribution in [0.4, 0.5) is 5.69 Å². The summed E-state index contributed by atoms with van der Waals surface area (Å²) >= 11 is 0. The molecule has 0 saturated carbocycles. The molecule has 98 valence electrons. The van der Waals surface area contributed by atoms with Gasteiger partial charge >= 0.3 is 0 Å². The molecule has 1 aromatic rings. The molecule has 2 heterocycles. The molecule has 18 heavy (non-hydrogen) atoms. The Bertz CT molecular complexity index is 399. The average molecular weight is 246 g/mol. The number of rotatable bonds is 3. The molecule has 1 atom stereocenters. The predicted octanol–water partition coefficient (Wildman–Crippen LogP) is 2.57. The van der Waals surface area contributed by atoms with E-state index in [9.17, 15) is 0 Å². The minimum Gasteiger partial charge on any atom is -0.490 e. The molecule has 0 radical (unpaired) electrons. The number of para-hydroxylation sites is 1. The van der Waals surface area contributed by atoms with E-state index in [1.54, 1.807) is 0 Å². The van der Waals surface area contributed by atoms with E-state index >= 15 is 0 Å². The highest BCUT2D eigenvalue weighted by molar-refractivity contribution is 5.63. The zero-order valence-electron chi connectivity index (χ0n) is 10.9. The van der Waals surface area contributed by atoms with Gasteiger partial charge < -0.3 is 15.4 Å². The van der Waals surface area contributed by atoms with Gasteiger partial charge in [0.25, 0.3) is 0 Å². The maximum atomic E-state index is 6.02. The summed E-state index contributed by atoms with van der Waals surface area (Å²) in [5.74, 6) is 1.03. The second-order valence-corrected chi connectivity index (χ2v) is 5.28. The van der Waals surface area contributed by atoms with Crippen molar-refractivity contribution in [2.24, 2.45) is 0 Å². The molecule has 0 spiro atoms. The van der Waals surface area contributed by atoms with Gasteiger partial charge in [-0.15, -0.1) is 0 Å². The second kappa shape index (κ2) is 5.61. The molecular formula is C15H22N2O. The number of hydrogen-bond acceptors (Lipinski definition) is 3. The van der Waals surface area contributed by atoms with Crippen molar-refractivity contribution < 1.29 is 4.74 Å². The van der Waals surface area contributed by atoms with Crippen molar-refractivity contribution in [1.82, 2.24) is 5.32 Å². The molecule has 1 saturated heterocycles. The number of anilines is 1. The Hall–Kier alpha value is -1.22. The molecular weight excluding hydrogens is 224 g/mol.